The summed E-state index contributed by atoms with van der Waals surface area (Å²) >= 11 is 6.11. The molecule has 1 aromatic carbocycles. The van der Waals surface area contributed by atoms with Crippen molar-refractivity contribution in [2.24, 2.45) is 5.73 Å². The molecule has 82 valence electrons. The maximum Gasteiger partial charge on any atom is 0.189 e. The van der Waals surface area contributed by atoms with Crippen LogP contribution in [0.2, 0.25) is 5.02 Å². The molecule has 0 aromatic heterocycles. The highest BCUT2D eigenvalue weighted by Gasteiger charge is 2.15. The van der Waals surface area contributed by atoms with Gasteiger partial charge in [-0.2, -0.15) is 0 Å². The maximum atomic E-state index is 6.11. The van der Waals surface area contributed by atoms with Gasteiger partial charge in [0.1, 0.15) is 5.75 Å². The Kier molecular flexibility index (Phi) is 3.14. The zero-order chi connectivity index (χ0) is 10.8. The predicted octanol–water partition coefficient (Wildman–Crippen LogP) is 2.10. The molecule has 0 bridgehead atoms. The van der Waals surface area contributed by atoms with Gasteiger partial charge in [-0.1, -0.05) is 11.6 Å². The molecule has 1 atom stereocenters. The van der Waals surface area contributed by atoms with Crippen molar-refractivity contribution in [1.29, 1.82) is 0 Å². The number of ether oxygens (including phenoxy) is 2. The Hall–Kier alpha value is -0.770. The summed E-state index contributed by atoms with van der Waals surface area (Å²) in [7, 11) is 0. The van der Waals surface area contributed by atoms with Crippen LogP contribution in [0.3, 0.4) is 0 Å². The molecule has 1 heterocycles. The summed E-state index contributed by atoms with van der Waals surface area (Å²) in [6, 6.07) is 4.09. The van der Waals surface area contributed by atoms with Gasteiger partial charge < -0.3 is 15.2 Å². The molecule has 15 heavy (non-hydrogen) atoms. The van der Waals surface area contributed by atoms with Crippen molar-refractivity contribution in [3.8, 4) is 5.75 Å². The summed E-state index contributed by atoms with van der Waals surface area (Å²) in [4.78, 5) is 0. The summed E-state index contributed by atoms with van der Waals surface area (Å²) < 4.78 is 10.5. The van der Waals surface area contributed by atoms with E-state index in [1.54, 1.807) is 0 Å². The van der Waals surface area contributed by atoms with Crippen LogP contribution in [-0.4, -0.2) is 12.8 Å². The van der Waals surface area contributed by atoms with E-state index in [-0.39, 0.29) is 12.8 Å². The van der Waals surface area contributed by atoms with Gasteiger partial charge in [-0.15, -0.1) is 0 Å². The smallest absolute Gasteiger partial charge is 0.189 e. The molecule has 0 aliphatic carbocycles. The minimum atomic E-state index is 0.129. The topological polar surface area (TPSA) is 44.5 Å². The van der Waals surface area contributed by atoms with Crippen LogP contribution < -0.4 is 10.5 Å². The molecule has 1 aliphatic heterocycles. The van der Waals surface area contributed by atoms with E-state index in [1.807, 2.05) is 19.1 Å². The van der Waals surface area contributed by atoms with Gasteiger partial charge in [0, 0.05) is 11.6 Å². The molecule has 0 fully saturated rings. The normalized spacial score (nSPS) is 16.7. The second-order valence-corrected chi connectivity index (χ2v) is 4.27. The lowest BCUT2D eigenvalue weighted by molar-refractivity contribution is -0.0163. The van der Waals surface area contributed by atoms with E-state index < -0.39 is 0 Å². The van der Waals surface area contributed by atoms with Gasteiger partial charge in [-0.25, -0.2) is 0 Å². The number of hydrogen-bond acceptors (Lipinski definition) is 3. The molecular formula is C11H14ClNO2. The number of fused-ring (bicyclic) bond motifs is 1. The Morgan fingerprint density at radius 1 is 1.53 bits per heavy atom. The highest BCUT2D eigenvalue weighted by Crippen LogP contribution is 2.33. The highest BCUT2D eigenvalue weighted by atomic mass is 35.5. The minimum absolute atomic E-state index is 0.129. The van der Waals surface area contributed by atoms with E-state index in [0.29, 0.717) is 11.6 Å². The fourth-order valence-corrected chi connectivity index (χ4v) is 2.04. The third-order valence-electron chi connectivity index (χ3n) is 2.28. The third kappa shape index (κ3) is 2.43. The van der Waals surface area contributed by atoms with E-state index in [1.165, 1.54) is 0 Å². The molecule has 1 unspecified atom stereocenters. The Bertz CT molecular complexity index is 366. The Morgan fingerprint density at radius 3 is 3.07 bits per heavy atom. The van der Waals surface area contributed by atoms with E-state index >= 15 is 0 Å². The lowest BCUT2D eigenvalue weighted by Crippen LogP contribution is -2.18. The Balaban J connectivity index is 2.32. The monoisotopic (exact) mass is 227 g/mol. The Labute approximate surface area is 94.1 Å². The molecule has 0 amide bonds. The van der Waals surface area contributed by atoms with Gasteiger partial charge in [-0.3, -0.25) is 0 Å². The van der Waals surface area contributed by atoms with Crippen LogP contribution in [0.25, 0.3) is 0 Å². The largest absolute Gasteiger partial charge is 0.466 e. The van der Waals surface area contributed by atoms with Gasteiger partial charge >= 0.3 is 0 Å². The van der Waals surface area contributed by atoms with Crippen molar-refractivity contribution in [3.63, 3.8) is 0 Å². The first-order valence-corrected chi connectivity index (χ1v) is 5.32. The lowest BCUT2D eigenvalue weighted by Gasteiger charge is -2.20. The maximum absolute atomic E-state index is 6.11. The van der Waals surface area contributed by atoms with Crippen molar-refractivity contribution in [1.82, 2.24) is 0 Å². The lowest BCUT2D eigenvalue weighted by atomic mass is 10.0. The molecule has 0 saturated heterocycles. The fourth-order valence-electron chi connectivity index (χ4n) is 1.72. The Morgan fingerprint density at radius 2 is 2.33 bits per heavy atom. The number of nitrogens with two attached hydrogens (primary N) is 1. The first kappa shape index (κ1) is 10.7. The molecule has 0 saturated carbocycles. The third-order valence-corrected chi connectivity index (χ3v) is 2.56. The minimum Gasteiger partial charge on any atom is -0.466 e. The summed E-state index contributed by atoms with van der Waals surface area (Å²) in [6.45, 7) is 2.81. The van der Waals surface area contributed by atoms with Crippen molar-refractivity contribution in [2.45, 2.75) is 26.0 Å². The van der Waals surface area contributed by atoms with Crippen LogP contribution in [0.5, 0.6) is 5.75 Å². The van der Waals surface area contributed by atoms with Crippen LogP contribution in [0.15, 0.2) is 12.1 Å². The molecular weight excluding hydrogens is 214 g/mol. The molecule has 0 spiro atoms. The number of benzene rings is 1. The predicted molar refractivity (Wildman–Crippen MR) is 59.1 cm³/mol. The van der Waals surface area contributed by atoms with Crippen LogP contribution in [0, 0.1) is 0 Å². The average molecular weight is 228 g/mol. The van der Waals surface area contributed by atoms with Crippen LogP contribution in [0.4, 0.5) is 0 Å². The van der Waals surface area contributed by atoms with Crippen LogP contribution >= 0.6 is 11.6 Å². The SMILES string of the molecule is CC(N)Cc1cc(Cl)c2c(c1)COCO2. The first-order valence-electron chi connectivity index (χ1n) is 4.94. The van der Waals surface area contributed by atoms with E-state index in [4.69, 9.17) is 26.8 Å². The molecule has 1 aliphatic rings. The molecule has 2 N–H and O–H groups in total. The van der Waals surface area contributed by atoms with E-state index in [0.717, 1.165) is 23.3 Å². The van der Waals surface area contributed by atoms with E-state index in [2.05, 4.69) is 0 Å². The summed E-state index contributed by atoms with van der Waals surface area (Å²) in [5.74, 6) is 0.747. The van der Waals surface area contributed by atoms with Gasteiger partial charge in [0.15, 0.2) is 6.79 Å². The zero-order valence-electron chi connectivity index (χ0n) is 8.63. The molecule has 2 rings (SSSR count). The van der Waals surface area contributed by atoms with Gasteiger partial charge in [0.2, 0.25) is 0 Å². The number of hydrogen-bond donors (Lipinski definition) is 1. The van der Waals surface area contributed by atoms with Crippen molar-refractivity contribution >= 4 is 11.6 Å². The summed E-state index contributed by atoms with van der Waals surface area (Å²) in [5.41, 5.74) is 7.88. The van der Waals surface area contributed by atoms with E-state index in [9.17, 15) is 0 Å². The second kappa shape index (κ2) is 4.39. The quantitative estimate of drug-likeness (QED) is 0.842. The van der Waals surface area contributed by atoms with Crippen molar-refractivity contribution in [2.75, 3.05) is 6.79 Å². The molecule has 3 nitrogen and oxygen atoms in total. The first-order chi connectivity index (χ1) is 7.16. The number of rotatable bonds is 2. The number of halogens is 1. The standard InChI is InChI=1S/C11H14ClNO2/c1-7(13)2-8-3-9-5-14-6-15-11(9)10(12)4-8/h3-4,7H,2,5-6,13H2,1H3. The average Bonchev–Trinajstić information content (AvgIpc) is 2.16. The van der Waals surface area contributed by atoms with Gasteiger partial charge in [-0.05, 0) is 31.0 Å². The highest BCUT2D eigenvalue weighted by molar-refractivity contribution is 6.32. The second-order valence-electron chi connectivity index (χ2n) is 3.86. The molecule has 1 aromatic rings. The zero-order valence-corrected chi connectivity index (χ0v) is 9.38. The molecule has 4 heteroatoms. The van der Waals surface area contributed by atoms with Crippen molar-refractivity contribution < 1.29 is 9.47 Å². The van der Waals surface area contributed by atoms with Crippen LogP contribution in [0.1, 0.15) is 18.1 Å². The van der Waals surface area contributed by atoms with Gasteiger partial charge in [0.25, 0.3) is 0 Å². The summed E-state index contributed by atoms with van der Waals surface area (Å²) in [5, 5.41) is 0.645. The van der Waals surface area contributed by atoms with Crippen molar-refractivity contribution in [3.05, 3.63) is 28.3 Å². The summed E-state index contributed by atoms with van der Waals surface area (Å²) in [6.07, 6.45) is 0.812. The fraction of sp³-hybridized carbons (Fsp3) is 0.455. The van der Waals surface area contributed by atoms with Crippen LogP contribution in [-0.2, 0) is 17.8 Å². The van der Waals surface area contributed by atoms with Gasteiger partial charge in [0.05, 0.1) is 11.6 Å². The molecule has 0 radical (unpaired) electrons.